The molecule has 5 heteroatoms. The number of hydrogen-bond donors (Lipinski definition) is 0. The molecule has 2 fully saturated rings. The largest absolute Gasteiger partial charge is 0.453 e. The molecule has 0 unspecified atom stereocenters. The van der Waals surface area contributed by atoms with Gasteiger partial charge in [0.05, 0.1) is 19.2 Å². The molecule has 0 saturated carbocycles. The van der Waals surface area contributed by atoms with E-state index >= 15 is 0 Å². The van der Waals surface area contributed by atoms with Crippen LogP contribution in [0.4, 0.5) is 10.5 Å². The molecule has 0 N–H and O–H groups in total. The summed E-state index contributed by atoms with van der Waals surface area (Å²) in [6.45, 7) is 0.686. The second-order valence-electron chi connectivity index (χ2n) is 7.17. The Morgan fingerprint density at radius 1 is 1.29 bits per heavy atom. The van der Waals surface area contributed by atoms with Gasteiger partial charge in [0.2, 0.25) is 5.91 Å². The topological polar surface area (TPSA) is 49.9 Å². The number of rotatable bonds is 0. The van der Waals surface area contributed by atoms with Crippen LogP contribution in [0.15, 0.2) is 35.9 Å². The Kier molecular flexibility index (Phi) is 2.71. The van der Waals surface area contributed by atoms with Gasteiger partial charge in [-0.1, -0.05) is 24.3 Å². The number of amides is 2. The van der Waals surface area contributed by atoms with Gasteiger partial charge in [-0.15, -0.1) is 0 Å². The van der Waals surface area contributed by atoms with Crippen molar-refractivity contribution >= 4 is 17.7 Å². The van der Waals surface area contributed by atoms with E-state index in [0.717, 1.165) is 24.9 Å². The van der Waals surface area contributed by atoms with E-state index in [4.69, 9.17) is 4.74 Å². The maximum atomic E-state index is 12.7. The molecule has 3 heterocycles. The number of carbonyl (C=O) groups excluding carboxylic acids is 2. The maximum Gasteiger partial charge on any atom is 0.409 e. The van der Waals surface area contributed by atoms with E-state index in [2.05, 4.69) is 18.2 Å². The summed E-state index contributed by atoms with van der Waals surface area (Å²) in [6, 6.07) is 8.39. The lowest BCUT2D eigenvalue weighted by Crippen LogP contribution is -2.58. The third kappa shape index (κ3) is 1.46. The minimum absolute atomic E-state index is 0.0655. The van der Waals surface area contributed by atoms with Crippen LogP contribution in [0.25, 0.3) is 0 Å². The van der Waals surface area contributed by atoms with Crippen LogP contribution in [0.3, 0.4) is 0 Å². The molecule has 0 bridgehead atoms. The molecule has 5 nitrogen and oxygen atoms in total. The van der Waals surface area contributed by atoms with Crippen molar-refractivity contribution in [2.75, 3.05) is 18.6 Å². The number of para-hydroxylation sites is 1. The predicted octanol–water partition coefficient (Wildman–Crippen LogP) is 2.60. The zero-order valence-electron chi connectivity index (χ0n) is 13.7. The summed E-state index contributed by atoms with van der Waals surface area (Å²) in [4.78, 5) is 28.9. The SMILES string of the molecule is COC(=O)N1CC[C@]23c4ccccc4N4C(=O)CCC(=CC[C@H]12)[C@H]43. The second kappa shape index (κ2) is 4.62. The number of hydrogen-bond acceptors (Lipinski definition) is 3. The van der Waals surface area contributed by atoms with Gasteiger partial charge in [0.25, 0.3) is 0 Å². The van der Waals surface area contributed by atoms with Crippen molar-refractivity contribution < 1.29 is 14.3 Å². The van der Waals surface area contributed by atoms with E-state index in [1.807, 2.05) is 21.9 Å². The van der Waals surface area contributed by atoms with E-state index < -0.39 is 0 Å². The van der Waals surface area contributed by atoms with Crippen molar-refractivity contribution in [1.29, 1.82) is 0 Å². The maximum absolute atomic E-state index is 12.7. The molecular weight excluding hydrogens is 304 g/mol. The minimum atomic E-state index is -0.258. The quantitative estimate of drug-likeness (QED) is 0.689. The van der Waals surface area contributed by atoms with E-state index in [9.17, 15) is 9.59 Å². The Labute approximate surface area is 140 Å². The lowest BCUT2D eigenvalue weighted by atomic mass is 9.63. The molecule has 4 aliphatic rings. The van der Waals surface area contributed by atoms with Gasteiger partial charge in [-0.3, -0.25) is 4.79 Å². The van der Waals surface area contributed by atoms with Gasteiger partial charge in [0.1, 0.15) is 0 Å². The van der Waals surface area contributed by atoms with Crippen molar-refractivity contribution in [3.05, 3.63) is 41.5 Å². The summed E-state index contributed by atoms with van der Waals surface area (Å²) in [5, 5.41) is 0. The summed E-state index contributed by atoms with van der Waals surface area (Å²) >= 11 is 0. The smallest absolute Gasteiger partial charge is 0.409 e. The van der Waals surface area contributed by atoms with Crippen molar-refractivity contribution in [2.24, 2.45) is 0 Å². The molecule has 3 atom stereocenters. The number of nitrogens with zero attached hydrogens (tertiary/aromatic N) is 2. The first kappa shape index (κ1) is 14.1. The molecule has 1 spiro atoms. The summed E-state index contributed by atoms with van der Waals surface area (Å²) in [6.07, 6.45) is 5.16. The monoisotopic (exact) mass is 324 g/mol. The summed E-state index contributed by atoms with van der Waals surface area (Å²) in [5.41, 5.74) is 3.46. The van der Waals surface area contributed by atoms with Crippen molar-refractivity contribution in [1.82, 2.24) is 4.90 Å². The average molecular weight is 324 g/mol. The number of fused-ring (bicyclic) bond motifs is 2. The number of ether oxygens (including phenoxy) is 1. The summed E-state index contributed by atoms with van der Waals surface area (Å²) in [7, 11) is 1.44. The first-order chi connectivity index (χ1) is 11.7. The van der Waals surface area contributed by atoms with Gasteiger partial charge in [-0.2, -0.15) is 0 Å². The third-order valence-corrected chi connectivity index (χ3v) is 6.41. The Morgan fingerprint density at radius 3 is 2.96 bits per heavy atom. The molecule has 2 saturated heterocycles. The van der Waals surface area contributed by atoms with E-state index in [-0.39, 0.29) is 29.5 Å². The van der Waals surface area contributed by atoms with Crippen molar-refractivity contribution in [3.63, 3.8) is 0 Å². The lowest BCUT2D eigenvalue weighted by Gasteiger charge is -2.47. The van der Waals surface area contributed by atoms with Gasteiger partial charge in [0, 0.05) is 24.1 Å². The fraction of sp³-hybridized carbons (Fsp3) is 0.474. The van der Waals surface area contributed by atoms with Gasteiger partial charge in [-0.25, -0.2) is 4.79 Å². The summed E-state index contributed by atoms with van der Waals surface area (Å²) in [5.74, 6) is 0.207. The zero-order chi connectivity index (χ0) is 16.5. The molecule has 0 radical (unpaired) electrons. The molecule has 24 heavy (non-hydrogen) atoms. The molecule has 124 valence electrons. The van der Waals surface area contributed by atoms with Gasteiger partial charge in [0.15, 0.2) is 0 Å². The number of methoxy groups -OCH3 is 1. The van der Waals surface area contributed by atoms with Crippen molar-refractivity contribution in [3.8, 4) is 0 Å². The highest BCUT2D eigenvalue weighted by Gasteiger charge is 2.64. The van der Waals surface area contributed by atoms with Gasteiger partial charge in [-0.05, 0) is 36.5 Å². The first-order valence-electron chi connectivity index (χ1n) is 8.63. The molecule has 1 aromatic rings. The Morgan fingerprint density at radius 2 is 2.12 bits per heavy atom. The fourth-order valence-corrected chi connectivity index (χ4v) is 5.57. The van der Waals surface area contributed by atoms with Crippen LogP contribution in [-0.2, 0) is 14.9 Å². The normalized spacial score (nSPS) is 32.9. The van der Waals surface area contributed by atoms with E-state index in [1.54, 1.807) is 0 Å². The number of piperidine rings is 1. The lowest BCUT2D eigenvalue weighted by molar-refractivity contribution is -0.119. The third-order valence-electron chi connectivity index (χ3n) is 6.41. The first-order valence-corrected chi connectivity index (χ1v) is 8.63. The van der Waals surface area contributed by atoms with Crippen LogP contribution < -0.4 is 4.90 Å². The van der Waals surface area contributed by atoms with Crippen LogP contribution in [-0.4, -0.2) is 42.6 Å². The highest BCUT2D eigenvalue weighted by atomic mass is 16.5. The molecule has 2 amide bonds. The molecule has 1 aromatic carbocycles. The van der Waals surface area contributed by atoms with Crippen LogP contribution in [0.1, 0.15) is 31.2 Å². The molecule has 0 aromatic heterocycles. The Bertz CT molecular complexity index is 787. The average Bonchev–Trinajstić information content (AvgIpc) is 3.15. The highest BCUT2D eigenvalue weighted by molar-refractivity contribution is 6.00. The Hall–Kier alpha value is -2.30. The van der Waals surface area contributed by atoms with Gasteiger partial charge < -0.3 is 14.5 Å². The van der Waals surface area contributed by atoms with Crippen LogP contribution >= 0.6 is 0 Å². The number of carbonyl (C=O) groups is 2. The molecule has 1 aliphatic carbocycles. The van der Waals surface area contributed by atoms with Crippen LogP contribution in [0.5, 0.6) is 0 Å². The number of likely N-dealkylation sites (tertiary alicyclic amines) is 1. The number of anilines is 1. The van der Waals surface area contributed by atoms with Gasteiger partial charge >= 0.3 is 6.09 Å². The summed E-state index contributed by atoms with van der Waals surface area (Å²) < 4.78 is 5.02. The zero-order valence-corrected chi connectivity index (χ0v) is 13.7. The molecular formula is C19H20N2O3. The fourth-order valence-electron chi connectivity index (χ4n) is 5.57. The van der Waals surface area contributed by atoms with Crippen molar-refractivity contribution in [2.45, 2.75) is 43.2 Å². The second-order valence-corrected chi connectivity index (χ2v) is 7.17. The highest BCUT2D eigenvalue weighted by Crippen LogP contribution is 2.59. The van der Waals surface area contributed by atoms with Crippen LogP contribution in [0, 0.1) is 0 Å². The van der Waals surface area contributed by atoms with Crippen LogP contribution in [0.2, 0.25) is 0 Å². The predicted molar refractivity (Wildman–Crippen MR) is 88.8 cm³/mol. The van der Waals surface area contributed by atoms with E-state index in [0.29, 0.717) is 13.0 Å². The molecule has 3 aliphatic heterocycles. The van der Waals surface area contributed by atoms with E-state index in [1.165, 1.54) is 18.2 Å². The number of benzene rings is 1. The minimum Gasteiger partial charge on any atom is -0.453 e. The standard InChI is InChI=1S/C19H20N2O3/c1-24-18(23)20-11-10-19-13-4-2-3-5-14(13)21-16(22)9-7-12(17(19)21)6-8-15(19)20/h2-6,15,17H,7-11H2,1H3/t15-,17-,19-/m0/s1. The Balaban J connectivity index is 1.74. The molecule has 5 rings (SSSR count).